The average Bonchev–Trinajstić information content (AvgIpc) is 2.41. The van der Waals surface area contributed by atoms with Crippen molar-refractivity contribution in [3.63, 3.8) is 0 Å². The van der Waals surface area contributed by atoms with Crippen LogP contribution in [0.4, 0.5) is 10.2 Å². The third-order valence-corrected chi connectivity index (χ3v) is 3.23. The summed E-state index contributed by atoms with van der Waals surface area (Å²) in [4.78, 5) is 6.01. The van der Waals surface area contributed by atoms with E-state index in [0.29, 0.717) is 22.9 Å². The van der Waals surface area contributed by atoms with Crippen molar-refractivity contribution in [2.75, 3.05) is 11.9 Å². The van der Waals surface area contributed by atoms with E-state index in [0.717, 1.165) is 5.56 Å². The molecule has 1 heterocycles. The number of benzene rings is 1. The fourth-order valence-corrected chi connectivity index (χ4v) is 2.12. The Morgan fingerprint density at radius 3 is 2.74 bits per heavy atom. The van der Waals surface area contributed by atoms with Gasteiger partial charge in [-0.3, -0.25) is 0 Å². The van der Waals surface area contributed by atoms with E-state index in [9.17, 15) is 4.39 Å². The molecular weight excluding hydrogens is 265 g/mol. The van der Waals surface area contributed by atoms with E-state index >= 15 is 0 Å². The maximum atomic E-state index is 13.1. The molecule has 2 aromatic rings. The Hall–Kier alpha value is -1.65. The van der Waals surface area contributed by atoms with Gasteiger partial charge in [-0.25, -0.2) is 9.37 Å². The molecule has 0 atom stereocenters. The van der Waals surface area contributed by atoms with Gasteiger partial charge in [0, 0.05) is 30.7 Å². The molecule has 0 aliphatic carbocycles. The number of rotatable bonds is 4. The summed E-state index contributed by atoms with van der Waals surface area (Å²) in [5, 5.41) is 0.700. The third kappa shape index (κ3) is 3.22. The molecule has 0 aliphatic heterocycles. The van der Waals surface area contributed by atoms with Crippen molar-refractivity contribution in [3.05, 3.63) is 58.5 Å². The Bertz CT molecular complexity index is 574. The molecule has 3 nitrogen and oxygen atoms in total. The van der Waals surface area contributed by atoms with Crippen molar-refractivity contribution >= 4 is 17.4 Å². The van der Waals surface area contributed by atoms with Crippen LogP contribution in [0.5, 0.6) is 0 Å². The molecule has 1 aromatic heterocycles. The van der Waals surface area contributed by atoms with Crippen LogP contribution in [0.2, 0.25) is 5.02 Å². The van der Waals surface area contributed by atoms with Crippen LogP contribution in [0, 0.1) is 5.82 Å². The van der Waals surface area contributed by atoms with E-state index in [-0.39, 0.29) is 12.4 Å². The highest BCUT2D eigenvalue weighted by molar-refractivity contribution is 6.31. The SMILES string of the molecule is CN(Cc1ccccc1Cl)c1ncc(F)cc1CN. The number of nitrogens with two attached hydrogens (primary N) is 1. The normalized spacial score (nSPS) is 10.5. The van der Waals surface area contributed by atoms with Crippen LogP contribution < -0.4 is 10.6 Å². The van der Waals surface area contributed by atoms with Crippen LogP contribution >= 0.6 is 11.6 Å². The number of aromatic nitrogens is 1. The first-order valence-corrected chi connectivity index (χ1v) is 6.28. The summed E-state index contributed by atoms with van der Waals surface area (Å²) in [5.41, 5.74) is 7.28. The van der Waals surface area contributed by atoms with E-state index in [1.807, 2.05) is 36.2 Å². The molecule has 100 valence electrons. The van der Waals surface area contributed by atoms with E-state index in [2.05, 4.69) is 4.98 Å². The van der Waals surface area contributed by atoms with Gasteiger partial charge in [-0.15, -0.1) is 0 Å². The largest absolute Gasteiger partial charge is 0.355 e. The Morgan fingerprint density at radius 1 is 1.32 bits per heavy atom. The van der Waals surface area contributed by atoms with E-state index < -0.39 is 0 Å². The quantitative estimate of drug-likeness (QED) is 0.936. The second-order valence-electron chi connectivity index (χ2n) is 4.29. The molecule has 2 N–H and O–H groups in total. The zero-order chi connectivity index (χ0) is 13.8. The predicted octanol–water partition coefficient (Wildman–Crippen LogP) is 2.97. The molecule has 0 radical (unpaired) electrons. The number of nitrogens with zero attached hydrogens (tertiary/aromatic N) is 2. The van der Waals surface area contributed by atoms with Crippen LogP contribution in [-0.2, 0) is 13.1 Å². The van der Waals surface area contributed by atoms with Crippen molar-refractivity contribution < 1.29 is 4.39 Å². The Morgan fingerprint density at radius 2 is 2.05 bits per heavy atom. The summed E-state index contributed by atoms with van der Waals surface area (Å²) in [6.07, 6.45) is 1.19. The molecular formula is C14H15ClFN3. The van der Waals surface area contributed by atoms with Crippen molar-refractivity contribution in [1.82, 2.24) is 4.98 Å². The maximum absolute atomic E-state index is 13.1. The lowest BCUT2D eigenvalue weighted by molar-refractivity contribution is 0.617. The van der Waals surface area contributed by atoms with Gasteiger partial charge in [0.2, 0.25) is 0 Å². The molecule has 0 fully saturated rings. The van der Waals surface area contributed by atoms with Gasteiger partial charge in [-0.05, 0) is 17.7 Å². The summed E-state index contributed by atoms with van der Waals surface area (Å²) in [7, 11) is 1.88. The number of anilines is 1. The molecule has 0 bridgehead atoms. The van der Waals surface area contributed by atoms with Crippen molar-refractivity contribution in [2.24, 2.45) is 5.73 Å². The van der Waals surface area contributed by atoms with Gasteiger partial charge in [0.1, 0.15) is 11.6 Å². The standard InChI is InChI=1S/C14H15ClFN3/c1-19(9-10-4-2-3-5-13(10)15)14-11(7-17)6-12(16)8-18-14/h2-6,8H,7,9,17H2,1H3. The highest BCUT2D eigenvalue weighted by Gasteiger charge is 2.11. The smallest absolute Gasteiger partial charge is 0.141 e. The second kappa shape index (κ2) is 5.99. The van der Waals surface area contributed by atoms with Crippen molar-refractivity contribution in [3.8, 4) is 0 Å². The van der Waals surface area contributed by atoms with Gasteiger partial charge in [0.15, 0.2) is 0 Å². The fraction of sp³-hybridized carbons (Fsp3) is 0.214. The topological polar surface area (TPSA) is 42.2 Å². The van der Waals surface area contributed by atoms with Gasteiger partial charge in [-0.1, -0.05) is 29.8 Å². The maximum Gasteiger partial charge on any atom is 0.141 e. The van der Waals surface area contributed by atoms with Crippen molar-refractivity contribution in [1.29, 1.82) is 0 Å². The fourth-order valence-electron chi connectivity index (χ4n) is 1.92. The second-order valence-corrected chi connectivity index (χ2v) is 4.70. The molecule has 1 aromatic carbocycles. The van der Waals surface area contributed by atoms with E-state index in [1.54, 1.807) is 0 Å². The van der Waals surface area contributed by atoms with Gasteiger partial charge in [0.25, 0.3) is 0 Å². The minimum absolute atomic E-state index is 0.243. The average molecular weight is 280 g/mol. The first-order chi connectivity index (χ1) is 9.11. The predicted molar refractivity (Wildman–Crippen MR) is 75.6 cm³/mol. The van der Waals surface area contributed by atoms with Crippen LogP contribution in [-0.4, -0.2) is 12.0 Å². The molecule has 2 rings (SSSR count). The lowest BCUT2D eigenvalue weighted by Crippen LogP contribution is -2.20. The molecule has 0 unspecified atom stereocenters. The first kappa shape index (κ1) is 13.8. The number of pyridine rings is 1. The molecule has 0 aliphatic rings. The highest BCUT2D eigenvalue weighted by atomic mass is 35.5. The lowest BCUT2D eigenvalue weighted by Gasteiger charge is -2.21. The number of hydrogen-bond acceptors (Lipinski definition) is 3. The minimum atomic E-state index is -0.379. The Labute approximate surface area is 116 Å². The summed E-state index contributed by atoms with van der Waals surface area (Å²) in [5.74, 6) is 0.291. The monoisotopic (exact) mass is 279 g/mol. The molecule has 5 heteroatoms. The Kier molecular flexibility index (Phi) is 4.35. The molecule has 19 heavy (non-hydrogen) atoms. The first-order valence-electron chi connectivity index (χ1n) is 5.91. The minimum Gasteiger partial charge on any atom is -0.355 e. The Balaban J connectivity index is 2.25. The molecule has 0 saturated carbocycles. The van der Waals surface area contributed by atoms with Crippen LogP contribution in [0.1, 0.15) is 11.1 Å². The summed E-state index contributed by atoms with van der Waals surface area (Å²) < 4.78 is 13.1. The van der Waals surface area contributed by atoms with Gasteiger partial charge in [0.05, 0.1) is 6.20 Å². The lowest BCUT2D eigenvalue weighted by atomic mass is 10.2. The third-order valence-electron chi connectivity index (χ3n) is 2.86. The summed E-state index contributed by atoms with van der Waals surface area (Å²) in [6, 6.07) is 9.01. The van der Waals surface area contributed by atoms with Gasteiger partial charge >= 0.3 is 0 Å². The van der Waals surface area contributed by atoms with E-state index in [1.165, 1.54) is 12.3 Å². The molecule has 0 spiro atoms. The molecule has 0 amide bonds. The summed E-state index contributed by atoms with van der Waals surface area (Å²) in [6.45, 7) is 0.832. The van der Waals surface area contributed by atoms with Crippen molar-refractivity contribution in [2.45, 2.75) is 13.1 Å². The zero-order valence-electron chi connectivity index (χ0n) is 10.6. The van der Waals surface area contributed by atoms with Crippen LogP contribution in [0.3, 0.4) is 0 Å². The molecule has 0 saturated heterocycles. The zero-order valence-corrected chi connectivity index (χ0v) is 11.4. The van der Waals surface area contributed by atoms with Crippen LogP contribution in [0.25, 0.3) is 0 Å². The number of halogens is 2. The highest BCUT2D eigenvalue weighted by Crippen LogP contribution is 2.22. The number of hydrogen-bond donors (Lipinski definition) is 1. The van der Waals surface area contributed by atoms with E-state index in [4.69, 9.17) is 17.3 Å². The van der Waals surface area contributed by atoms with Crippen LogP contribution in [0.15, 0.2) is 36.5 Å². The van der Waals surface area contributed by atoms with Gasteiger partial charge in [-0.2, -0.15) is 0 Å². The summed E-state index contributed by atoms with van der Waals surface area (Å²) >= 11 is 6.12. The van der Waals surface area contributed by atoms with Gasteiger partial charge < -0.3 is 10.6 Å².